The molecule has 0 bridgehead atoms. The van der Waals surface area contributed by atoms with Gasteiger partial charge in [-0.3, -0.25) is 10.1 Å². The summed E-state index contributed by atoms with van der Waals surface area (Å²) in [5, 5.41) is 10.9. The van der Waals surface area contributed by atoms with E-state index in [0.717, 1.165) is 18.9 Å². The second-order valence-electron chi connectivity index (χ2n) is 4.43. The Morgan fingerprint density at radius 3 is 2.63 bits per heavy atom. The molecule has 1 aliphatic rings. The maximum absolute atomic E-state index is 13.3. The molecule has 1 aromatic rings. The molecule has 1 saturated heterocycles. The van der Waals surface area contributed by atoms with Crippen molar-refractivity contribution >= 4 is 23.0 Å². The average Bonchev–Trinajstić information content (AvgIpc) is 2.41. The number of anilines is 1. The van der Waals surface area contributed by atoms with Gasteiger partial charge in [0.05, 0.1) is 22.1 Å². The van der Waals surface area contributed by atoms with Gasteiger partial charge in [0.25, 0.3) is 5.69 Å². The van der Waals surface area contributed by atoms with Crippen LogP contribution in [-0.2, 0) is 4.74 Å². The molecule has 1 aromatic carbocycles. The van der Waals surface area contributed by atoms with Crippen molar-refractivity contribution in [3.8, 4) is 0 Å². The molecular weight excluding hydrogens is 275 g/mol. The first kappa shape index (κ1) is 14.0. The number of nitro groups is 1. The van der Waals surface area contributed by atoms with Crippen LogP contribution in [0.1, 0.15) is 12.8 Å². The number of rotatable bonds is 3. The second kappa shape index (κ2) is 5.71. The minimum atomic E-state index is -0.774. The Morgan fingerprint density at radius 1 is 1.47 bits per heavy atom. The van der Waals surface area contributed by atoms with Crippen LogP contribution in [0.25, 0.3) is 0 Å². The number of piperidine rings is 1. The number of halogens is 2. The molecule has 0 radical (unpaired) electrons. The van der Waals surface area contributed by atoms with Gasteiger partial charge in [-0.25, -0.2) is 4.39 Å². The molecule has 1 aliphatic heterocycles. The molecule has 0 spiro atoms. The van der Waals surface area contributed by atoms with Gasteiger partial charge in [-0.05, 0) is 18.9 Å². The van der Waals surface area contributed by atoms with Crippen LogP contribution in [0.5, 0.6) is 0 Å². The van der Waals surface area contributed by atoms with E-state index in [-0.39, 0.29) is 16.8 Å². The molecule has 19 heavy (non-hydrogen) atoms. The molecule has 0 atom stereocenters. The topological polar surface area (TPSA) is 55.6 Å². The third-order valence-electron chi connectivity index (χ3n) is 3.33. The molecule has 1 fully saturated rings. The van der Waals surface area contributed by atoms with E-state index in [1.54, 1.807) is 7.11 Å². The first-order valence-corrected chi connectivity index (χ1v) is 6.32. The highest BCUT2D eigenvalue weighted by atomic mass is 35.5. The highest BCUT2D eigenvalue weighted by Gasteiger charge is 2.26. The van der Waals surface area contributed by atoms with Gasteiger partial charge in [0, 0.05) is 20.2 Å². The first-order valence-electron chi connectivity index (χ1n) is 5.94. The Kier molecular flexibility index (Phi) is 4.21. The number of hydrogen-bond acceptors (Lipinski definition) is 4. The Labute approximate surface area is 115 Å². The van der Waals surface area contributed by atoms with Gasteiger partial charge in [0.2, 0.25) is 0 Å². The van der Waals surface area contributed by atoms with Gasteiger partial charge >= 0.3 is 0 Å². The summed E-state index contributed by atoms with van der Waals surface area (Å²) in [4.78, 5) is 12.3. The van der Waals surface area contributed by atoms with Crippen LogP contribution in [0.15, 0.2) is 12.1 Å². The number of ether oxygens (including phenoxy) is 1. The Balaban J connectivity index is 2.29. The van der Waals surface area contributed by atoms with E-state index >= 15 is 0 Å². The van der Waals surface area contributed by atoms with Gasteiger partial charge in [0.15, 0.2) is 0 Å². The summed E-state index contributed by atoms with van der Waals surface area (Å²) < 4.78 is 18.6. The smallest absolute Gasteiger partial charge is 0.295 e. The third-order valence-corrected chi connectivity index (χ3v) is 3.62. The van der Waals surface area contributed by atoms with E-state index in [1.807, 2.05) is 4.90 Å². The largest absolute Gasteiger partial charge is 0.381 e. The molecule has 1 heterocycles. The van der Waals surface area contributed by atoms with Gasteiger partial charge in [-0.1, -0.05) is 11.6 Å². The van der Waals surface area contributed by atoms with E-state index in [2.05, 4.69) is 0 Å². The van der Waals surface area contributed by atoms with Crippen LogP contribution >= 0.6 is 11.6 Å². The minimum absolute atomic E-state index is 0.102. The standard InChI is InChI=1S/C12H14ClFN2O3/c1-19-8-2-4-15(5-3-8)11-6-9(13)10(14)7-12(11)16(17)18/h6-8H,2-5H2,1H3. The van der Waals surface area contributed by atoms with E-state index in [0.29, 0.717) is 18.8 Å². The van der Waals surface area contributed by atoms with Crippen molar-refractivity contribution in [2.75, 3.05) is 25.1 Å². The fraction of sp³-hybridized carbons (Fsp3) is 0.500. The number of nitro benzene ring substituents is 1. The normalized spacial score (nSPS) is 16.7. The van der Waals surface area contributed by atoms with Crippen LogP contribution in [0.3, 0.4) is 0 Å². The van der Waals surface area contributed by atoms with Crippen LogP contribution in [0.4, 0.5) is 15.8 Å². The lowest BCUT2D eigenvalue weighted by atomic mass is 10.1. The van der Waals surface area contributed by atoms with Crippen LogP contribution < -0.4 is 4.90 Å². The van der Waals surface area contributed by atoms with Crippen LogP contribution in [0, 0.1) is 15.9 Å². The zero-order valence-corrected chi connectivity index (χ0v) is 11.2. The molecule has 104 valence electrons. The summed E-state index contributed by atoms with van der Waals surface area (Å²) >= 11 is 5.72. The van der Waals surface area contributed by atoms with Crippen molar-refractivity contribution in [3.63, 3.8) is 0 Å². The maximum Gasteiger partial charge on any atom is 0.295 e. The Hall–Kier alpha value is -1.40. The number of hydrogen-bond donors (Lipinski definition) is 0. The van der Waals surface area contributed by atoms with Gasteiger partial charge < -0.3 is 9.64 Å². The van der Waals surface area contributed by atoms with Crippen molar-refractivity contribution in [3.05, 3.63) is 33.1 Å². The fourth-order valence-electron chi connectivity index (χ4n) is 2.26. The second-order valence-corrected chi connectivity index (χ2v) is 4.84. The molecule has 0 unspecified atom stereocenters. The predicted octanol–water partition coefficient (Wildman–Crippen LogP) is 3.00. The van der Waals surface area contributed by atoms with Crippen molar-refractivity contribution in [1.29, 1.82) is 0 Å². The van der Waals surface area contributed by atoms with Crippen molar-refractivity contribution in [2.45, 2.75) is 18.9 Å². The lowest BCUT2D eigenvalue weighted by molar-refractivity contribution is -0.384. The van der Waals surface area contributed by atoms with Gasteiger partial charge in [0.1, 0.15) is 11.5 Å². The average molecular weight is 289 g/mol. The van der Waals surface area contributed by atoms with E-state index in [1.165, 1.54) is 6.07 Å². The van der Waals surface area contributed by atoms with E-state index in [9.17, 15) is 14.5 Å². The van der Waals surface area contributed by atoms with E-state index in [4.69, 9.17) is 16.3 Å². The Bertz CT molecular complexity index is 490. The highest BCUT2D eigenvalue weighted by molar-refractivity contribution is 6.31. The summed E-state index contributed by atoms with van der Waals surface area (Å²) in [6.07, 6.45) is 1.73. The van der Waals surface area contributed by atoms with Crippen LogP contribution in [0.2, 0.25) is 5.02 Å². The molecule has 0 N–H and O–H groups in total. The summed E-state index contributed by atoms with van der Waals surface area (Å²) in [7, 11) is 1.65. The Morgan fingerprint density at radius 2 is 2.11 bits per heavy atom. The molecule has 0 aliphatic carbocycles. The van der Waals surface area contributed by atoms with Gasteiger partial charge in [-0.15, -0.1) is 0 Å². The van der Waals surface area contributed by atoms with Gasteiger partial charge in [-0.2, -0.15) is 0 Å². The van der Waals surface area contributed by atoms with E-state index < -0.39 is 10.7 Å². The molecule has 0 amide bonds. The van der Waals surface area contributed by atoms with Crippen molar-refractivity contribution < 1.29 is 14.1 Å². The molecular formula is C12H14ClFN2O3. The fourth-order valence-corrected chi connectivity index (χ4v) is 2.42. The minimum Gasteiger partial charge on any atom is -0.381 e. The summed E-state index contributed by atoms with van der Waals surface area (Å²) in [5.74, 6) is -0.774. The quantitative estimate of drug-likeness (QED) is 0.634. The first-order chi connectivity index (χ1) is 9.02. The zero-order valence-electron chi connectivity index (χ0n) is 10.4. The summed E-state index contributed by atoms with van der Waals surface area (Å²) in [5.41, 5.74) is 0.115. The summed E-state index contributed by atoms with van der Waals surface area (Å²) in [6.45, 7) is 1.25. The molecule has 5 nitrogen and oxygen atoms in total. The molecule has 0 aromatic heterocycles. The number of methoxy groups -OCH3 is 1. The van der Waals surface area contributed by atoms with Crippen molar-refractivity contribution in [2.24, 2.45) is 0 Å². The van der Waals surface area contributed by atoms with Crippen LogP contribution in [-0.4, -0.2) is 31.2 Å². The third kappa shape index (κ3) is 2.96. The predicted molar refractivity (Wildman–Crippen MR) is 70.3 cm³/mol. The molecule has 2 rings (SSSR count). The lowest BCUT2D eigenvalue weighted by Gasteiger charge is -2.32. The number of benzene rings is 1. The zero-order chi connectivity index (χ0) is 14.0. The number of nitrogens with zero attached hydrogens (tertiary/aromatic N) is 2. The highest BCUT2D eigenvalue weighted by Crippen LogP contribution is 2.34. The summed E-state index contributed by atoms with van der Waals surface area (Å²) in [6, 6.07) is 2.20. The maximum atomic E-state index is 13.3. The molecule has 7 heteroatoms. The van der Waals surface area contributed by atoms with Crippen molar-refractivity contribution in [1.82, 2.24) is 0 Å². The lowest BCUT2D eigenvalue weighted by Crippen LogP contribution is -2.37. The monoisotopic (exact) mass is 288 g/mol. The SMILES string of the molecule is COC1CCN(c2cc(Cl)c(F)cc2[N+](=O)[O-])CC1. The molecule has 0 saturated carbocycles.